The van der Waals surface area contributed by atoms with Crippen molar-refractivity contribution >= 4 is 0 Å². The second-order valence-electron chi connectivity index (χ2n) is 6.12. The molecule has 0 bridgehead atoms. The second-order valence-corrected chi connectivity index (χ2v) is 6.12. The minimum Gasteiger partial charge on any atom is -0.381 e. The van der Waals surface area contributed by atoms with Crippen LogP contribution in [0.1, 0.15) is 39.5 Å². The third-order valence-corrected chi connectivity index (χ3v) is 4.53. The molecular weight excluding hydrogens is 198 g/mol. The van der Waals surface area contributed by atoms with Crippen LogP contribution in [0.25, 0.3) is 0 Å². The van der Waals surface area contributed by atoms with Crippen LogP contribution < -0.4 is 5.32 Å². The summed E-state index contributed by atoms with van der Waals surface area (Å²) in [6.45, 7) is 6.78. The van der Waals surface area contributed by atoms with Gasteiger partial charge in [0.1, 0.15) is 0 Å². The van der Waals surface area contributed by atoms with Gasteiger partial charge in [0.15, 0.2) is 0 Å². The van der Waals surface area contributed by atoms with Gasteiger partial charge in [0.25, 0.3) is 0 Å². The van der Waals surface area contributed by atoms with Gasteiger partial charge < -0.3 is 10.1 Å². The quantitative estimate of drug-likeness (QED) is 0.797. The Morgan fingerprint density at radius 3 is 2.25 bits per heavy atom. The molecule has 1 saturated heterocycles. The SMILES string of the molecule is CNC(C1CCOC1)C1CC(C)CC(C)C1. The zero-order valence-corrected chi connectivity index (χ0v) is 11.0. The van der Waals surface area contributed by atoms with Crippen LogP contribution in [0.3, 0.4) is 0 Å². The molecule has 4 unspecified atom stereocenters. The molecule has 1 saturated carbocycles. The van der Waals surface area contributed by atoms with Crippen molar-refractivity contribution in [1.29, 1.82) is 0 Å². The summed E-state index contributed by atoms with van der Waals surface area (Å²) in [6, 6.07) is 0.688. The van der Waals surface area contributed by atoms with Gasteiger partial charge in [-0.25, -0.2) is 0 Å². The molecule has 0 aromatic heterocycles. The van der Waals surface area contributed by atoms with E-state index < -0.39 is 0 Å². The maximum Gasteiger partial charge on any atom is 0.0510 e. The Balaban J connectivity index is 1.96. The van der Waals surface area contributed by atoms with E-state index >= 15 is 0 Å². The van der Waals surface area contributed by atoms with Crippen LogP contribution in [0.4, 0.5) is 0 Å². The minimum atomic E-state index is 0.688. The molecular formula is C14H27NO. The van der Waals surface area contributed by atoms with E-state index in [2.05, 4.69) is 26.2 Å². The van der Waals surface area contributed by atoms with E-state index in [0.29, 0.717) is 6.04 Å². The lowest BCUT2D eigenvalue weighted by Gasteiger charge is -2.38. The second kappa shape index (κ2) is 5.50. The minimum absolute atomic E-state index is 0.688. The van der Waals surface area contributed by atoms with Gasteiger partial charge >= 0.3 is 0 Å². The van der Waals surface area contributed by atoms with E-state index in [1.54, 1.807) is 0 Å². The highest BCUT2D eigenvalue weighted by molar-refractivity contribution is 4.88. The molecule has 0 spiro atoms. The predicted octanol–water partition coefficient (Wildman–Crippen LogP) is 2.68. The van der Waals surface area contributed by atoms with Gasteiger partial charge in [-0.1, -0.05) is 13.8 Å². The van der Waals surface area contributed by atoms with Crippen LogP contribution in [0, 0.1) is 23.7 Å². The van der Waals surface area contributed by atoms with Crippen molar-refractivity contribution in [3.8, 4) is 0 Å². The Bertz CT molecular complexity index is 203. The predicted molar refractivity (Wildman–Crippen MR) is 67.4 cm³/mol. The molecule has 2 rings (SSSR count). The van der Waals surface area contributed by atoms with E-state index in [1.165, 1.54) is 25.7 Å². The van der Waals surface area contributed by atoms with Gasteiger partial charge in [-0.05, 0) is 50.5 Å². The molecule has 0 aromatic rings. The Hall–Kier alpha value is -0.0800. The van der Waals surface area contributed by atoms with Crippen molar-refractivity contribution in [3.63, 3.8) is 0 Å². The monoisotopic (exact) mass is 225 g/mol. The average molecular weight is 225 g/mol. The van der Waals surface area contributed by atoms with E-state index in [-0.39, 0.29) is 0 Å². The zero-order valence-electron chi connectivity index (χ0n) is 11.0. The molecule has 2 nitrogen and oxygen atoms in total. The Morgan fingerprint density at radius 2 is 1.75 bits per heavy atom. The molecule has 1 N–H and O–H groups in total. The van der Waals surface area contributed by atoms with Crippen molar-refractivity contribution in [3.05, 3.63) is 0 Å². The maximum absolute atomic E-state index is 5.54. The molecule has 2 aliphatic rings. The molecule has 0 radical (unpaired) electrons. The molecule has 1 aliphatic heterocycles. The summed E-state index contributed by atoms with van der Waals surface area (Å²) < 4.78 is 5.54. The number of hydrogen-bond acceptors (Lipinski definition) is 2. The van der Waals surface area contributed by atoms with Crippen molar-refractivity contribution < 1.29 is 4.74 Å². The largest absolute Gasteiger partial charge is 0.381 e. The van der Waals surface area contributed by atoms with Crippen molar-refractivity contribution in [1.82, 2.24) is 5.32 Å². The first kappa shape index (κ1) is 12.4. The molecule has 4 atom stereocenters. The summed E-state index contributed by atoms with van der Waals surface area (Å²) in [5, 5.41) is 3.57. The molecule has 16 heavy (non-hydrogen) atoms. The van der Waals surface area contributed by atoms with Gasteiger partial charge in [0.05, 0.1) is 6.61 Å². The molecule has 94 valence electrons. The third kappa shape index (κ3) is 2.78. The number of nitrogens with one attached hydrogen (secondary N) is 1. The summed E-state index contributed by atoms with van der Waals surface area (Å²) in [6.07, 6.45) is 5.50. The van der Waals surface area contributed by atoms with E-state index in [9.17, 15) is 0 Å². The highest BCUT2D eigenvalue weighted by atomic mass is 16.5. The molecule has 1 heterocycles. The summed E-state index contributed by atoms with van der Waals surface area (Å²) in [5.41, 5.74) is 0. The molecule has 0 amide bonds. The number of rotatable bonds is 3. The summed E-state index contributed by atoms with van der Waals surface area (Å²) in [4.78, 5) is 0. The van der Waals surface area contributed by atoms with Crippen molar-refractivity contribution in [2.75, 3.05) is 20.3 Å². The fraction of sp³-hybridized carbons (Fsp3) is 1.00. The standard InChI is InChI=1S/C14H27NO/c1-10-6-11(2)8-13(7-10)14(15-3)12-4-5-16-9-12/h10-15H,4-9H2,1-3H3. The van der Waals surface area contributed by atoms with Gasteiger partial charge in [0.2, 0.25) is 0 Å². The molecule has 2 heteroatoms. The van der Waals surface area contributed by atoms with E-state index in [0.717, 1.165) is 36.9 Å². The number of ether oxygens (including phenoxy) is 1. The van der Waals surface area contributed by atoms with E-state index in [1.807, 2.05) is 0 Å². The van der Waals surface area contributed by atoms with Gasteiger partial charge in [0, 0.05) is 18.6 Å². The van der Waals surface area contributed by atoms with Crippen LogP contribution in [-0.4, -0.2) is 26.3 Å². The third-order valence-electron chi connectivity index (χ3n) is 4.53. The smallest absolute Gasteiger partial charge is 0.0510 e. The average Bonchev–Trinajstić information content (AvgIpc) is 2.70. The van der Waals surface area contributed by atoms with Crippen molar-refractivity contribution in [2.24, 2.45) is 23.7 Å². The Labute approximate surface area is 100 Å². The van der Waals surface area contributed by atoms with Crippen LogP contribution in [0.2, 0.25) is 0 Å². The first-order valence-electron chi connectivity index (χ1n) is 6.95. The lowest BCUT2D eigenvalue weighted by Crippen LogP contribution is -2.43. The summed E-state index contributed by atoms with van der Waals surface area (Å²) >= 11 is 0. The zero-order chi connectivity index (χ0) is 11.5. The normalized spacial score (nSPS) is 42.2. The molecule has 1 aliphatic carbocycles. The summed E-state index contributed by atoms with van der Waals surface area (Å²) in [5.74, 6) is 3.45. The fourth-order valence-corrected chi connectivity index (χ4v) is 3.99. The number of hydrogen-bond donors (Lipinski definition) is 1. The van der Waals surface area contributed by atoms with Gasteiger partial charge in [-0.15, -0.1) is 0 Å². The topological polar surface area (TPSA) is 21.3 Å². The van der Waals surface area contributed by atoms with Gasteiger partial charge in [-0.2, -0.15) is 0 Å². The summed E-state index contributed by atoms with van der Waals surface area (Å²) in [7, 11) is 2.13. The highest BCUT2D eigenvalue weighted by Crippen LogP contribution is 2.37. The first-order chi connectivity index (χ1) is 7.70. The first-order valence-corrected chi connectivity index (χ1v) is 6.95. The van der Waals surface area contributed by atoms with Gasteiger partial charge in [-0.3, -0.25) is 0 Å². The lowest BCUT2D eigenvalue weighted by molar-refractivity contribution is 0.128. The Kier molecular flexibility index (Phi) is 4.26. The highest BCUT2D eigenvalue weighted by Gasteiger charge is 2.35. The van der Waals surface area contributed by atoms with Crippen LogP contribution in [0.5, 0.6) is 0 Å². The molecule has 0 aromatic carbocycles. The van der Waals surface area contributed by atoms with Crippen LogP contribution >= 0.6 is 0 Å². The van der Waals surface area contributed by atoms with E-state index in [4.69, 9.17) is 4.74 Å². The maximum atomic E-state index is 5.54. The Morgan fingerprint density at radius 1 is 1.06 bits per heavy atom. The van der Waals surface area contributed by atoms with Crippen molar-refractivity contribution in [2.45, 2.75) is 45.6 Å². The van der Waals surface area contributed by atoms with Crippen LogP contribution in [0.15, 0.2) is 0 Å². The fourth-order valence-electron chi connectivity index (χ4n) is 3.99. The molecule has 2 fully saturated rings. The van der Waals surface area contributed by atoms with Crippen LogP contribution in [-0.2, 0) is 4.74 Å². The lowest BCUT2D eigenvalue weighted by atomic mass is 9.71.